The van der Waals surface area contributed by atoms with Crippen LogP contribution in [0.1, 0.15) is 5.56 Å². The largest absolute Gasteiger partial charge is 0.497 e. The van der Waals surface area contributed by atoms with Gasteiger partial charge in [0, 0.05) is 18.0 Å². The Morgan fingerprint density at radius 1 is 1.15 bits per heavy atom. The SMILES string of the molecule is COc1ccc(-c2c(C#N)c3nccn3c3ncn4[nH]c(=O)nc4c23)cc1. The van der Waals surface area contributed by atoms with Crippen LogP contribution in [0.5, 0.6) is 5.75 Å². The first-order valence-electron chi connectivity index (χ1n) is 8.02. The van der Waals surface area contributed by atoms with Gasteiger partial charge in [-0.2, -0.15) is 10.2 Å². The molecule has 0 aliphatic rings. The molecule has 1 aromatic carbocycles. The van der Waals surface area contributed by atoms with Gasteiger partial charge in [0.05, 0.1) is 12.5 Å². The molecule has 27 heavy (non-hydrogen) atoms. The van der Waals surface area contributed by atoms with Crippen LogP contribution >= 0.6 is 0 Å². The Kier molecular flexibility index (Phi) is 3.02. The molecule has 1 N–H and O–H groups in total. The standard InChI is InChI=1S/C18H11N7O2/c1-27-11-4-2-10(3-5-11)13-12(8-19)15-20-6-7-24(15)16-14(13)17-22-18(26)23-25(17)9-21-16/h2-7,9H,1H3,(H,23,26). The molecule has 0 unspecified atom stereocenters. The molecule has 0 aliphatic carbocycles. The van der Waals surface area contributed by atoms with Crippen molar-refractivity contribution >= 4 is 22.3 Å². The number of ether oxygens (including phenoxy) is 1. The summed E-state index contributed by atoms with van der Waals surface area (Å²) < 4.78 is 8.39. The average Bonchev–Trinajstić information content (AvgIpc) is 3.32. The molecule has 0 atom stereocenters. The highest BCUT2D eigenvalue weighted by Crippen LogP contribution is 2.35. The summed E-state index contributed by atoms with van der Waals surface area (Å²) in [6, 6.07) is 9.56. The van der Waals surface area contributed by atoms with Crippen LogP contribution in [0.25, 0.3) is 33.5 Å². The Morgan fingerprint density at radius 2 is 1.96 bits per heavy atom. The summed E-state index contributed by atoms with van der Waals surface area (Å²) in [7, 11) is 1.59. The molecule has 4 aromatic heterocycles. The van der Waals surface area contributed by atoms with E-state index in [1.165, 1.54) is 10.8 Å². The Balaban J connectivity index is 2.05. The average molecular weight is 357 g/mol. The molecule has 0 spiro atoms. The highest BCUT2D eigenvalue weighted by Gasteiger charge is 2.21. The number of nitriles is 1. The van der Waals surface area contributed by atoms with Gasteiger partial charge in [0.2, 0.25) is 0 Å². The first-order chi connectivity index (χ1) is 13.2. The van der Waals surface area contributed by atoms with Gasteiger partial charge in [-0.25, -0.2) is 24.4 Å². The van der Waals surface area contributed by atoms with Crippen LogP contribution in [0, 0.1) is 11.3 Å². The Morgan fingerprint density at radius 3 is 2.70 bits per heavy atom. The fourth-order valence-electron chi connectivity index (χ4n) is 3.32. The zero-order valence-corrected chi connectivity index (χ0v) is 14.0. The lowest BCUT2D eigenvalue weighted by atomic mass is 9.98. The van der Waals surface area contributed by atoms with Gasteiger partial charge in [0.15, 0.2) is 16.9 Å². The van der Waals surface area contributed by atoms with Crippen molar-refractivity contribution in [1.82, 2.24) is 29.0 Å². The molecule has 0 saturated heterocycles. The second kappa shape index (κ2) is 5.40. The second-order valence-electron chi connectivity index (χ2n) is 5.88. The van der Waals surface area contributed by atoms with Gasteiger partial charge in [-0.15, -0.1) is 0 Å². The summed E-state index contributed by atoms with van der Waals surface area (Å²) in [5, 5.41) is 13.1. The lowest BCUT2D eigenvalue weighted by Crippen LogP contribution is -2.02. The van der Waals surface area contributed by atoms with E-state index in [4.69, 9.17) is 4.74 Å². The molecule has 0 amide bonds. The van der Waals surface area contributed by atoms with Gasteiger partial charge in [-0.05, 0) is 17.7 Å². The molecule has 5 aromatic rings. The lowest BCUT2D eigenvalue weighted by molar-refractivity contribution is 0.415. The summed E-state index contributed by atoms with van der Waals surface area (Å²) in [6.07, 6.45) is 4.82. The summed E-state index contributed by atoms with van der Waals surface area (Å²) in [5.74, 6) is 0.697. The van der Waals surface area contributed by atoms with Gasteiger partial charge in [0.1, 0.15) is 23.7 Å². The highest BCUT2D eigenvalue weighted by atomic mass is 16.5. The summed E-state index contributed by atoms with van der Waals surface area (Å²) >= 11 is 0. The zero-order chi connectivity index (χ0) is 18.5. The van der Waals surface area contributed by atoms with Crippen molar-refractivity contribution in [3.05, 3.63) is 59.0 Å². The Hall–Kier alpha value is -4.19. The molecule has 4 heterocycles. The first kappa shape index (κ1) is 15.1. The normalized spacial score (nSPS) is 11.3. The molecule has 0 radical (unpaired) electrons. The number of nitrogens with one attached hydrogen (secondary N) is 1. The monoisotopic (exact) mass is 357 g/mol. The van der Waals surface area contributed by atoms with E-state index in [1.807, 2.05) is 24.3 Å². The van der Waals surface area contributed by atoms with E-state index in [0.717, 1.165) is 5.56 Å². The first-order valence-corrected chi connectivity index (χ1v) is 8.02. The Bertz CT molecular complexity index is 1430. The number of aromatic amines is 1. The molecular formula is C18H11N7O2. The molecule has 9 heteroatoms. The van der Waals surface area contributed by atoms with E-state index in [2.05, 4.69) is 26.1 Å². The third-order valence-electron chi connectivity index (χ3n) is 4.48. The van der Waals surface area contributed by atoms with Gasteiger partial charge >= 0.3 is 5.69 Å². The van der Waals surface area contributed by atoms with Crippen LogP contribution in [0.2, 0.25) is 0 Å². The van der Waals surface area contributed by atoms with E-state index in [-0.39, 0.29) is 0 Å². The van der Waals surface area contributed by atoms with Crippen LogP contribution in [-0.4, -0.2) is 36.1 Å². The number of rotatable bonds is 2. The maximum absolute atomic E-state index is 11.8. The molecule has 9 nitrogen and oxygen atoms in total. The molecule has 0 saturated carbocycles. The van der Waals surface area contributed by atoms with E-state index in [0.29, 0.717) is 39.2 Å². The van der Waals surface area contributed by atoms with Crippen molar-refractivity contribution in [2.24, 2.45) is 0 Å². The summed E-state index contributed by atoms with van der Waals surface area (Å²) in [5.41, 5.74) is 2.71. The molecule has 5 rings (SSSR count). The number of benzene rings is 1. The van der Waals surface area contributed by atoms with E-state index >= 15 is 0 Å². The van der Waals surface area contributed by atoms with Crippen molar-refractivity contribution in [2.45, 2.75) is 0 Å². The van der Waals surface area contributed by atoms with Gasteiger partial charge in [-0.1, -0.05) is 12.1 Å². The number of nitrogens with zero attached hydrogens (tertiary/aromatic N) is 6. The third kappa shape index (κ3) is 2.04. The lowest BCUT2D eigenvalue weighted by Gasteiger charge is -2.12. The smallest absolute Gasteiger partial charge is 0.362 e. The maximum atomic E-state index is 11.8. The van der Waals surface area contributed by atoms with Crippen LogP contribution in [0.15, 0.2) is 47.8 Å². The predicted octanol–water partition coefficient (Wildman–Crippen LogP) is 1.77. The number of hydrogen-bond acceptors (Lipinski definition) is 6. The molecule has 0 bridgehead atoms. The van der Waals surface area contributed by atoms with Gasteiger partial charge in [-0.3, -0.25) is 4.40 Å². The fourth-order valence-corrected chi connectivity index (χ4v) is 3.32. The van der Waals surface area contributed by atoms with Crippen molar-refractivity contribution in [2.75, 3.05) is 7.11 Å². The van der Waals surface area contributed by atoms with Crippen LogP contribution < -0.4 is 10.4 Å². The van der Waals surface area contributed by atoms with E-state index < -0.39 is 5.69 Å². The molecule has 0 aliphatic heterocycles. The maximum Gasteiger partial charge on any atom is 0.362 e. The number of aromatic nitrogens is 6. The number of imidazole rings is 1. The van der Waals surface area contributed by atoms with E-state index in [9.17, 15) is 10.1 Å². The highest BCUT2D eigenvalue weighted by molar-refractivity contribution is 6.06. The minimum absolute atomic E-state index is 0.378. The van der Waals surface area contributed by atoms with Crippen LogP contribution in [0.3, 0.4) is 0 Å². The van der Waals surface area contributed by atoms with Crippen molar-refractivity contribution in [3.63, 3.8) is 0 Å². The van der Waals surface area contributed by atoms with Gasteiger partial charge in [0.25, 0.3) is 0 Å². The van der Waals surface area contributed by atoms with Crippen LogP contribution in [-0.2, 0) is 0 Å². The van der Waals surface area contributed by atoms with Gasteiger partial charge < -0.3 is 4.74 Å². The minimum atomic E-state index is -0.491. The van der Waals surface area contributed by atoms with Crippen LogP contribution in [0.4, 0.5) is 0 Å². The number of methoxy groups -OCH3 is 1. The van der Waals surface area contributed by atoms with Crippen molar-refractivity contribution < 1.29 is 4.74 Å². The molecular weight excluding hydrogens is 346 g/mol. The fraction of sp³-hybridized carbons (Fsp3) is 0.0556. The Labute approximate surface area is 151 Å². The number of fused-ring (bicyclic) bond motifs is 5. The third-order valence-corrected chi connectivity index (χ3v) is 4.48. The molecule has 130 valence electrons. The zero-order valence-electron chi connectivity index (χ0n) is 14.0. The predicted molar refractivity (Wildman–Crippen MR) is 96.6 cm³/mol. The summed E-state index contributed by atoms with van der Waals surface area (Å²) in [4.78, 5) is 24.7. The van der Waals surface area contributed by atoms with E-state index in [1.54, 1.807) is 23.9 Å². The summed E-state index contributed by atoms with van der Waals surface area (Å²) in [6.45, 7) is 0. The van der Waals surface area contributed by atoms with Crippen molar-refractivity contribution in [1.29, 1.82) is 5.26 Å². The van der Waals surface area contributed by atoms with Crippen molar-refractivity contribution in [3.8, 4) is 22.9 Å². The molecule has 0 fully saturated rings. The number of hydrogen-bond donors (Lipinski definition) is 1. The second-order valence-corrected chi connectivity index (χ2v) is 5.88. The minimum Gasteiger partial charge on any atom is -0.497 e. The topological polar surface area (TPSA) is 113 Å². The number of pyridine rings is 1. The quantitative estimate of drug-likeness (QED) is 0.515. The number of H-pyrrole nitrogens is 1.